The minimum absolute atomic E-state index is 0. The van der Waals surface area contributed by atoms with Crippen molar-refractivity contribution in [3.63, 3.8) is 0 Å². The normalized spacial score (nSPS) is 10.5. The average Bonchev–Trinajstić information content (AvgIpc) is 2.95. The van der Waals surface area contributed by atoms with Gasteiger partial charge in [-0.1, -0.05) is 43.7 Å². The van der Waals surface area contributed by atoms with Crippen molar-refractivity contribution in [2.45, 2.75) is 26.3 Å². The van der Waals surface area contributed by atoms with Crippen molar-refractivity contribution >= 4 is 58.0 Å². The van der Waals surface area contributed by atoms with Crippen LogP contribution in [0.25, 0.3) is 21.8 Å². The van der Waals surface area contributed by atoms with Gasteiger partial charge in [0.25, 0.3) is 0 Å². The lowest BCUT2D eigenvalue weighted by molar-refractivity contribution is 0.306. The molecule has 0 aliphatic carbocycles. The number of nitrogens with zero attached hydrogens (tertiary/aromatic N) is 1. The molecule has 4 rings (SSSR count). The summed E-state index contributed by atoms with van der Waals surface area (Å²) in [4.78, 5) is 0. The summed E-state index contributed by atoms with van der Waals surface area (Å²) in [7, 11) is 0. The van der Waals surface area contributed by atoms with Gasteiger partial charge in [-0.15, -0.1) is 24.8 Å². The number of aromatic nitrogens is 1. The van der Waals surface area contributed by atoms with E-state index in [9.17, 15) is 0 Å². The Kier molecular flexibility index (Phi) is 7.66. The lowest BCUT2D eigenvalue weighted by Crippen LogP contribution is -2.04. The van der Waals surface area contributed by atoms with E-state index >= 15 is 0 Å². The van der Waals surface area contributed by atoms with Gasteiger partial charge in [0.05, 0.1) is 24.2 Å². The first-order valence-corrected chi connectivity index (χ1v) is 9.45. The van der Waals surface area contributed by atoms with E-state index in [1.54, 1.807) is 0 Å². The van der Waals surface area contributed by atoms with Gasteiger partial charge in [0, 0.05) is 27.7 Å². The van der Waals surface area contributed by atoms with Crippen LogP contribution in [-0.4, -0.2) is 11.2 Å². The third-order valence-electron chi connectivity index (χ3n) is 4.97. The summed E-state index contributed by atoms with van der Waals surface area (Å²) in [6, 6.07) is 20.4. The fourth-order valence-electron chi connectivity index (χ4n) is 3.57. The third kappa shape index (κ3) is 4.55. The van der Waals surface area contributed by atoms with Crippen molar-refractivity contribution in [3.8, 4) is 5.75 Å². The standard InChI is InChI=1S/C23H25N3O.2ClH/c1-2-3-12-27-23-7-5-4-6-16(23)15-26-21-13-17(24)8-10-19(21)20-11-9-18(25)14-22(20)26;;/h4-11,13-14H,2-3,12,15,24-25H2,1H3;2*1H. The van der Waals surface area contributed by atoms with Crippen LogP contribution in [0.15, 0.2) is 60.7 Å². The number of ether oxygens (including phenoxy) is 1. The Morgan fingerprint density at radius 2 is 1.41 bits per heavy atom. The van der Waals surface area contributed by atoms with Gasteiger partial charge in [-0.3, -0.25) is 0 Å². The predicted octanol–water partition coefficient (Wildman–Crippen LogP) is 6.03. The van der Waals surface area contributed by atoms with Crippen molar-refractivity contribution in [1.29, 1.82) is 0 Å². The number of hydrogen-bond donors (Lipinski definition) is 2. The SMILES string of the molecule is CCCCOc1ccccc1Cn1c2cc(N)ccc2c2ccc(N)cc21.Cl.Cl. The maximum atomic E-state index is 6.09. The molecule has 1 aromatic heterocycles. The fourth-order valence-corrected chi connectivity index (χ4v) is 3.57. The minimum Gasteiger partial charge on any atom is -0.493 e. The summed E-state index contributed by atoms with van der Waals surface area (Å²) in [6.45, 7) is 3.61. The quantitative estimate of drug-likeness (QED) is 0.289. The van der Waals surface area contributed by atoms with Crippen LogP contribution >= 0.6 is 24.8 Å². The molecule has 4 nitrogen and oxygen atoms in total. The number of nitrogens with two attached hydrogens (primary N) is 2. The van der Waals surface area contributed by atoms with Crippen molar-refractivity contribution in [2.75, 3.05) is 18.1 Å². The lowest BCUT2D eigenvalue weighted by Gasteiger charge is -2.14. The second-order valence-electron chi connectivity index (χ2n) is 6.95. The molecule has 0 saturated carbocycles. The second-order valence-corrected chi connectivity index (χ2v) is 6.95. The molecule has 0 atom stereocenters. The summed E-state index contributed by atoms with van der Waals surface area (Å²) < 4.78 is 8.31. The maximum absolute atomic E-state index is 6.09. The topological polar surface area (TPSA) is 66.2 Å². The van der Waals surface area contributed by atoms with Crippen molar-refractivity contribution in [3.05, 3.63) is 66.2 Å². The van der Waals surface area contributed by atoms with Crippen molar-refractivity contribution in [1.82, 2.24) is 4.57 Å². The zero-order valence-corrected chi connectivity index (χ0v) is 18.1. The molecule has 0 amide bonds. The molecule has 0 unspecified atom stereocenters. The zero-order valence-electron chi connectivity index (χ0n) is 16.4. The summed E-state index contributed by atoms with van der Waals surface area (Å²) in [5, 5.41) is 2.37. The number of anilines is 2. The van der Waals surface area contributed by atoms with E-state index in [-0.39, 0.29) is 24.8 Å². The molecule has 4 aromatic rings. The monoisotopic (exact) mass is 431 g/mol. The van der Waals surface area contributed by atoms with Gasteiger partial charge >= 0.3 is 0 Å². The maximum Gasteiger partial charge on any atom is 0.124 e. The summed E-state index contributed by atoms with van der Waals surface area (Å²) in [5.74, 6) is 0.939. The van der Waals surface area contributed by atoms with Gasteiger partial charge in [-0.05, 0) is 36.8 Å². The smallest absolute Gasteiger partial charge is 0.124 e. The summed E-state index contributed by atoms with van der Waals surface area (Å²) in [5.41, 5.74) is 17.1. The highest BCUT2D eigenvalue weighted by molar-refractivity contribution is 6.09. The van der Waals surface area contributed by atoms with Crippen LogP contribution in [0.3, 0.4) is 0 Å². The summed E-state index contributed by atoms with van der Waals surface area (Å²) in [6.07, 6.45) is 2.17. The molecule has 0 aliphatic rings. The van der Waals surface area contributed by atoms with Gasteiger partial charge in [-0.25, -0.2) is 0 Å². The summed E-state index contributed by atoms with van der Waals surface area (Å²) >= 11 is 0. The molecule has 154 valence electrons. The Morgan fingerprint density at radius 1 is 0.828 bits per heavy atom. The van der Waals surface area contributed by atoms with Crippen LogP contribution in [0, 0.1) is 0 Å². The Balaban J connectivity index is 0.00000150. The fraction of sp³-hybridized carbons (Fsp3) is 0.217. The molecule has 0 aliphatic heterocycles. The first-order chi connectivity index (χ1) is 13.2. The first kappa shape index (κ1) is 22.7. The van der Waals surface area contributed by atoms with Gasteiger partial charge in [0.15, 0.2) is 0 Å². The minimum atomic E-state index is 0. The van der Waals surface area contributed by atoms with Crippen LogP contribution in [0.4, 0.5) is 11.4 Å². The Morgan fingerprint density at radius 3 is 2.00 bits per heavy atom. The Labute approximate surface area is 183 Å². The van der Waals surface area contributed by atoms with Crippen LogP contribution in [-0.2, 0) is 6.54 Å². The van der Waals surface area contributed by atoms with Crippen LogP contribution in [0.5, 0.6) is 5.75 Å². The van der Waals surface area contributed by atoms with E-state index in [0.29, 0.717) is 6.54 Å². The largest absolute Gasteiger partial charge is 0.493 e. The molecule has 1 heterocycles. The number of rotatable bonds is 6. The first-order valence-electron chi connectivity index (χ1n) is 9.45. The van der Waals surface area contributed by atoms with Gasteiger partial charge in [0.2, 0.25) is 0 Å². The molecule has 0 fully saturated rings. The van der Waals surface area contributed by atoms with E-state index in [0.717, 1.165) is 53.2 Å². The molecule has 0 bridgehead atoms. The molecule has 0 radical (unpaired) electrons. The van der Waals surface area contributed by atoms with Crippen molar-refractivity contribution < 1.29 is 4.74 Å². The number of benzene rings is 3. The number of nitrogen functional groups attached to an aromatic ring is 2. The Hall–Kier alpha value is -2.56. The molecule has 0 saturated heterocycles. The number of halogens is 2. The lowest BCUT2D eigenvalue weighted by atomic mass is 10.1. The van der Waals surface area contributed by atoms with Crippen LogP contribution < -0.4 is 16.2 Å². The van der Waals surface area contributed by atoms with E-state index in [4.69, 9.17) is 16.2 Å². The zero-order chi connectivity index (χ0) is 18.8. The average molecular weight is 432 g/mol. The number of unbranched alkanes of at least 4 members (excludes halogenated alkanes) is 1. The predicted molar refractivity (Wildman–Crippen MR) is 129 cm³/mol. The van der Waals surface area contributed by atoms with Crippen molar-refractivity contribution in [2.24, 2.45) is 0 Å². The molecule has 6 heteroatoms. The third-order valence-corrected chi connectivity index (χ3v) is 4.97. The molecular formula is C23H27Cl2N3O. The number of hydrogen-bond acceptors (Lipinski definition) is 3. The van der Waals surface area contributed by atoms with Gasteiger partial charge in [-0.2, -0.15) is 0 Å². The van der Waals surface area contributed by atoms with Crippen LogP contribution in [0.1, 0.15) is 25.3 Å². The molecule has 29 heavy (non-hydrogen) atoms. The molecule has 3 aromatic carbocycles. The van der Waals surface area contributed by atoms with Gasteiger partial charge in [0.1, 0.15) is 5.75 Å². The van der Waals surface area contributed by atoms with E-state index < -0.39 is 0 Å². The molecule has 4 N–H and O–H groups in total. The highest BCUT2D eigenvalue weighted by atomic mass is 35.5. The Bertz CT molecular complexity index is 1050. The van der Waals surface area contributed by atoms with E-state index in [1.165, 1.54) is 10.8 Å². The van der Waals surface area contributed by atoms with E-state index in [1.807, 2.05) is 36.4 Å². The number of para-hydroxylation sites is 1. The second kappa shape index (κ2) is 9.77. The molecule has 0 spiro atoms. The van der Waals surface area contributed by atoms with E-state index in [2.05, 4.69) is 35.8 Å². The number of fused-ring (bicyclic) bond motifs is 3. The van der Waals surface area contributed by atoms with Crippen LogP contribution in [0.2, 0.25) is 0 Å². The van der Waals surface area contributed by atoms with Gasteiger partial charge < -0.3 is 20.8 Å². The molecular weight excluding hydrogens is 405 g/mol. The highest BCUT2D eigenvalue weighted by Crippen LogP contribution is 2.33. The highest BCUT2D eigenvalue weighted by Gasteiger charge is 2.13.